The number of nitrogens with one attached hydrogen (secondary N) is 1. The number of alkyl halides is 3. The van der Waals surface area contributed by atoms with Gasteiger partial charge in [0.15, 0.2) is 0 Å². The standard InChI is InChI=1S/C11H18F3N3S/c1-10(2,3)8-16-9(18-17-8)15-7-5-4-6-11(12,13)14/h4-7H2,1-3H3,(H,15,16,17). The predicted octanol–water partition coefficient (Wildman–Crippen LogP) is 3.98. The zero-order valence-electron chi connectivity index (χ0n) is 10.8. The highest BCUT2D eigenvalue weighted by Gasteiger charge is 2.25. The van der Waals surface area contributed by atoms with E-state index in [-0.39, 0.29) is 11.8 Å². The molecular formula is C11H18F3N3S. The van der Waals surface area contributed by atoms with Gasteiger partial charge in [-0.1, -0.05) is 20.8 Å². The second-order valence-corrected chi connectivity index (χ2v) is 5.92. The van der Waals surface area contributed by atoms with Gasteiger partial charge in [0, 0.05) is 29.9 Å². The summed E-state index contributed by atoms with van der Waals surface area (Å²) < 4.78 is 39.9. The van der Waals surface area contributed by atoms with Crippen molar-refractivity contribution >= 4 is 16.7 Å². The van der Waals surface area contributed by atoms with Crippen LogP contribution >= 0.6 is 11.5 Å². The minimum Gasteiger partial charge on any atom is -0.360 e. The zero-order chi connectivity index (χ0) is 13.8. The van der Waals surface area contributed by atoms with Crippen LogP contribution in [0.3, 0.4) is 0 Å². The quantitative estimate of drug-likeness (QED) is 0.830. The van der Waals surface area contributed by atoms with Gasteiger partial charge in [-0.15, -0.1) is 0 Å². The third-order valence-electron chi connectivity index (χ3n) is 2.26. The van der Waals surface area contributed by atoms with Gasteiger partial charge in [0.05, 0.1) is 0 Å². The Hall–Kier alpha value is -0.850. The number of rotatable bonds is 5. The fourth-order valence-corrected chi connectivity index (χ4v) is 2.03. The fraction of sp³-hybridized carbons (Fsp3) is 0.818. The number of halogens is 3. The number of hydrogen-bond acceptors (Lipinski definition) is 4. The Labute approximate surface area is 109 Å². The van der Waals surface area contributed by atoms with Crippen molar-refractivity contribution in [2.24, 2.45) is 0 Å². The Morgan fingerprint density at radius 3 is 2.33 bits per heavy atom. The molecule has 1 aromatic rings. The van der Waals surface area contributed by atoms with Crippen molar-refractivity contribution in [1.82, 2.24) is 9.36 Å². The Balaban J connectivity index is 2.26. The van der Waals surface area contributed by atoms with E-state index in [1.54, 1.807) is 0 Å². The van der Waals surface area contributed by atoms with E-state index < -0.39 is 12.6 Å². The summed E-state index contributed by atoms with van der Waals surface area (Å²) >= 11 is 1.25. The number of anilines is 1. The molecule has 3 nitrogen and oxygen atoms in total. The molecule has 0 saturated carbocycles. The van der Waals surface area contributed by atoms with Crippen LogP contribution in [0.2, 0.25) is 0 Å². The van der Waals surface area contributed by atoms with Gasteiger partial charge in [-0.2, -0.15) is 17.5 Å². The first-order valence-electron chi connectivity index (χ1n) is 5.83. The summed E-state index contributed by atoms with van der Waals surface area (Å²) in [7, 11) is 0. The molecule has 0 aliphatic rings. The van der Waals surface area contributed by atoms with Gasteiger partial charge >= 0.3 is 6.18 Å². The lowest BCUT2D eigenvalue weighted by molar-refractivity contribution is -0.135. The fourth-order valence-electron chi connectivity index (χ4n) is 1.25. The van der Waals surface area contributed by atoms with Crippen LogP contribution in [0.5, 0.6) is 0 Å². The van der Waals surface area contributed by atoms with Crippen LogP contribution in [0.15, 0.2) is 0 Å². The van der Waals surface area contributed by atoms with Crippen LogP contribution in [0.4, 0.5) is 18.3 Å². The Morgan fingerprint density at radius 2 is 1.83 bits per heavy atom. The first-order valence-corrected chi connectivity index (χ1v) is 6.60. The van der Waals surface area contributed by atoms with E-state index in [4.69, 9.17) is 0 Å². The molecule has 0 spiro atoms. The van der Waals surface area contributed by atoms with Gasteiger partial charge < -0.3 is 5.32 Å². The molecule has 1 rings (SSSR count). The van der Waals surface area contributed by atoms with E-state index in [0.29, 0.717) is 18.1 Å². The molecule has 0 aliphatic carbocycles. The number of aromatic nitrogens is 2. The lowest BCUT2D eigenvalue weighted by Crippen LogP contribution is -2.13. The highest BCUT2D eigenvalue weighted by Crippen LogP contribution is 2.24. The minimum absolute atomic E-state index is 0.104. The Bertz CT molecular complexity index is 368. The molecule has 1 aromatic heterocycles. The number of nitrogens with zero attached hydrogens (tertiary/aromatic N) is 2. The molecule has 0 aromatic carbocycles. The molecule has 7 heteroatoms. The lowest BCUT2D eigenvalue weighted by atomic mass is 9.96. The molecule has 0 bridgehead atoms. The third kappa shape index (κ3) is 5.66. The Kier molecular flexibility index (Phi) is 4.95. The molecule has 0 unspecified atom stereocenters. The van der Waals surface area contributed by atoms with Gasteiger partial charge in [-0.05, 0) is 12.8 Å². The maximum absolute atomic E-state index is 11.9. The van der Waals surface area contributed by atoms with Crippen molar-refractivity contribution in [2.75, 3.05) is 11.9 Å². The molecule has 0 saturated heterocycles. The van der Waals surface area contributed by atoms with E-state index in [1.807, 2.05) is 20.8 Å². The lowest BCUT2D eigenvalue weighted by Gasteiger charge is -2.12. The van der Waals surface area contributed by atoms with E-state index in [9.17, 15) is 13.2 Å². The molecule has 0 aliphatic heterocycles. The van der Waals surface area contributed by atoms with Crippen LogP contribution in [0.25, 0.3) is 0 Å². The van der Waals surface area contributed by atoms with E-state index >= 15 is 0 Å². The van der Waals surface area contributed by atoms with E-state index in [1.165, 1.54) is 11.5 Å². The number of hydrogen-bond donors (Lipinski definition) is 1. The second kappa shape index (κ2) is 5.86. The van der Waals surface area contributed by atoms with Gasteiger partial charge in [-0.25, -0.2) is 4.98 Å². The summed E-state index contributed by atoms with van der Waals surface area (Å²) in [6.45, 7) is 6.54. The van der Waals surface area contributed by atoms with Gasteiger partial charge in [0.2, 0.25) is 5.13 Å². The first kappa shape index (κ1) is 15.2. The van der Waals surface area contributed by atoms with Crippen LogP contribution < -0.4 is 5.32 Å². The van der Waals surface area contributed by atoms with Crippen LogP contribution in [0.1, 0.15) is 45.9 Å². The highest BCUT2D eigenvalue weighted by atomic mass is 32.1. The third-order valence-corrected chi connectivity index (χ3v) is 2.93. The molecule has 0 radical (unpaired) electrons. The summed E-state index contributed by atoms with van der Waals surface area (Å²) in [5.41, 5.74) is -0.104. The topological polar surface area (TPSA) is 37.8 Å². The molecule has 1 heterocycles. The summed E-state index contributed by atoms with van der Waals surface area (Å²) in [5.74, 6) is 0.755. The van der Waals surface area contributed by atoms with Crippen LogP contribution in [-0.4, -0.2) is 22.1 Å². The summed E-state index contributed by atoms with van der Waals surface area (Å²) in [6, 6.07) is 0. The van der Waals surface area contributed by atoms with E-state index in [0.717, 1.165) is 5.82 Å². The summed E-state index contributed by atoms with van der Waals surface area (Å²) in [5, 5.41) is 3.67. The van der Waals surface area contributed by atoms with Gasteiger partial charge in [-0.3, -0.25) is 0 Å². The summed E-state index contributed by atoms with van der Waals surface area (Å²) in [6.07, 6.45) is -4.16. The van der Waals surface area contributed by atoms with E-state index in [2.05, 4.69) is 14.7 Å². The second-order valence-electron chi connectivity index (χ2n) is 5.17. The predicted molar refractivity (Wildman–Crippen MR) is 67.0 cm³/mol. The molecular weight excluding hydrogens is 263 g/mol. The maximum atomic E-state index is 11.9. The zero-order valence-corrected chi connectivity index (χ0v) is 11.6. The molecule has 104 valence electrons. The average molecular weight is 281 g/mol. The highest BCUT2D eigenvalue weighted by molar-refractivity contribution is 7.09. The molecule has 18 heavy (non-hydrogen) atoms. The molecule has 0 fully saturated rings. The van der Waals surface area contributed by atoms with Crippen molar-refractivity contribution in [3.63, 3.8) is 0 Å². The monoisotopic (exact) mass is 281 g/mol. The number of unbranched alkanes of at least 4 members (excludes halogenated alkanes) is 1. The smallest absolute Gasteiger partial charge is 0.360 e. The molecule has 1 N–H and O–H groups in total. The van der Waals surface area contributed by atoms with Crippen molar-refractivity contribution in [3.8, 4) is 0 Å². The minimum atomic E-state index is -4.05. The maximum Gasteiger partial charge on any atom is 0.389 e. The molecule has 0 atom stereocenters. The van der Waals surface area contributed by atoms with Crippen molar-refractivity contribution in [2.45, 2.75) is 51.6 Å². The van der Waals surface area contributed by atoms with Gasteiger partial charge in [0.1, 0.15) is 5.82 Å². The van der Waals surface area contributed by atoms with Gasteiger partial charge in [0.25, 0.3) is 0 Å². The van der Waals surface area contributed by atoms with Crippen molar-refractivity contribution < 1.29 is 13.2 Å². The molecule has 0 amide bonds. The Morgan fingerprint density at radius 1 is 1.17 bits per heavy atom. The largest absolute Gasteiger partial charge is 0.389 e. The first-order chi connectivity index (χ1) is 8.18. The van der Waals surface area contributed by atoms with Crippen LogP contribution in [-0.2, 0) is 5.41 Å². The SMILES string of the molecule is CC(C)(C)c1nsc(NCCCCC(F)(F)F)n1. The summed E-state index contributed by atoms with van der Waals surface area (Å²) in [4.78, 5) is 4.30. The van der Waals surface area contributed by atoms with Crippen LogP contribution in [0, 0.1) is 0 Å². The normalized spacial score (nSPS) is 12.8. The van der Waals surface area contributed by atoms with Crippen molar-refractivity contribution in [3.05, 3.63) is 5.82 Å². The van der Waals surface area contributed by atoms with Crippen molar-refractivity contribution in [1.29, 1.82) is 0 Å². The average Bonchev–Trinajstić information content (AvgIpc) is 2.63.